The number of imide groups is 1. The van der Waals surface area contributed by atoms with E-state index in [4.69, 9.17) is 21.1 Å². The monoisotopic (exact) mass is 607 g/mol. The molecule has 41 heavy (non-hydrogen) atoms. The number of thiazole rings is 1. The van der Waals surface area contributed by atoms with E-state index < -0.39 is 23.0 Å². The molecule has 0 bridgehead atoms. The quantitative estimate of drug-likeness (QED) is 0.287. The molecule has 3 atom stereocenters. The van der Waals surface area contributed by atoms with E-state index in [9.17, 15) is 19.2 Å². The fourth-order valence-electron chi connectivity index (χ4n) is 5.09. The van der Waals surface area contributed by atoms with Gasteiger partial charge in [-0.2, -0.15) is 0 Å². The summed E-state index contributed by atoms with van der Waals surface area (Å²) in [4.78, 5) is 57.0. The maximum absolute atomic E-state index is 13.9. The van der Waals surface area contributed by atoms with E-state index in [-0.39, 0.29) is 23.3 Å². The number of hydrogen-bond donors (Lipinski definition) is 2. The zero-order valence-electron chi connectivity index (χ0n) is 21.5. The standard InChI is InChI=1S/C29H22ClN3O6S2/c1-38-18-10-8-16(9-11-18)31-21(34)14-39-20-12-7-15(30)13-19(20)22-23-25(40-26-24(22)41-29(37)32-26)28(36)33(27(23)35)17-5-3-2-4-6-17/h2-13,22-23,25H,14H2,1H3,(H,31,34)(H,32,37)/t22-,23?,25?/m1/s1. The molecule has 208 valence electrons. The zero-order valence-corrected chi connectivity index (χ0v) is 23.8. The Bertz CT molecular complexity index is 1710. The van der Waals surface area contributed by atoms with Gasteiger partial charge in [0.15, 0.2) is 6.61 Å². The third-order valence-electron chi connectivity index (χ3n) is 6.88. The van der Waals surface area contributed by atoms with Gasteiger partial charge in [-0.1, -0.05) is 52.9 Å². The number of nitrogens with one attached hydrogen (secondary N) is 2. The number of carbonyl (C=O) groups excluding carboxylic acids is 3. The molecule has 1 saturated heterocycles. The van der Waals surface area contributed by atoms with Crippen molar-refractivity contribution >= 4 is 63.8 Å². The maximum atomic E-state index is 13.9. The molecule has 4 aromatic rings. The molecule has 12 heteroatoms. The van der Waals surface area contributed by atoms with Gasteiger partial charge in [0.05, 0.1) is 23.7 Å². The molecule has 9 nitrogen and oxygen atoms in total. The number of rotatable bonds is 7. The number of hydrogen-bond acceptors (Lipinski definition) is 8. The highest BCUT2D eigenvalue weighted by Gasteiger charge is 2.56. The number of benzene rings is 3. The Labute approximate surface area is 247 Å². The van der Waals surface area contributed by atoms with Crippen molar-refractivity contribution in [3.8, 4) is 11.5 Å². The highest BCUT2D eigenvalue weighted by Crippen LogP contribution is 2.54. The van der Waals surface area contributed by atoms with Gasteiger partial charge in [0.2, 0.25) is 11.8 Å². The number of nitrogens with zero attached hydrogens (tertiary/aromatic N) is 1. The Balaban J connectivity index is 1.34. The van der Waals surface area contributed by atoms with Crippen molar-refractivity contribution in [2.75, 3.05) is 23.9 Å². The number of H-pyrrole nitrogens is 1. The van der Waals surface area contributed by atoms with Crippen LogP contribution in [0, 0.1) is 5.92 Å². The second-order valence-electron chi connectivity index (χ2n) is 9.34. The summed E-state index contributed by atoms with van der Waals surface area (Å²) in [6, 6.07) is 20.5. The largest absolute Gasteiger partial charge is 0.497 e. The van der Waals surface area contributed by atoms with Gasteiger partial charge in [-0.05, 0) is 54.6 Å². The predicted molar refractivity (Wildman–Crippen MR) is 157 cm³/mol. The Hall–Kier alpha value is -4.06. The lowest BCUT2D eigenvalue weighted by Gasteiger charge is -2.31. The summed E-state index contributed by atoms with van der Waals surface area (Å²) in [5.41, 5.74) is 1.56. The van der Waals surface area contributed by atoms with E-state index in [0.29, 0.717) is 43.4 Å². The number of para-hydroxylation sites is 1. The number of anilines is 2. The van der Waals surface area contributed by atoms with E-state index in [1.54, 1.807) is 73.8 Å². The van der Waals surface area contributed by atoms with Crippen LogP contribution >= 0.6 is 34.7 Å². The van der Waals surface area contributed by atoms with Crippen molar-refractivity contribution in [3.05, 3.63) is 97.9 Å². The van der Waals surface area contributed by atoms with Crippen LogP contribution in [0.1, 0.15) is 16.4 Å². The number of aromatic amines is 1. The van der Waals surface area contributed by atoms with Gasteiger partial charge in [-0.25, -0.2) is 4.90 Å². The fraction of sp³-hybridized carbons (Fsp3) is 0.172. The summed E-state index contributed by atoms with van der Waals surface area (Å²) in [6.45, 7) is -0.324. The molecule has 3 aromatic carbocycles. The Morgan fingerprint density at radius 3 is 2.51 bits per heavy atom. The highest BCUT2D eigenvalue weighted by molar-refractivity contribution is 8.00. The molecule has 0 saturated carbocycles. The maximum Gasteiger partial charge on any atom is 0.305 e. The molecule has 0 radical (unpaired) electrons. The average Bonchev–Trinajstić information content (AvgIpc) is 3.47. The van der Waals surface area contributed by atoms with Crippen molar-refractivity contribution in [1.29, 1.82) is 0 Å². The molecule has 1 aromatic heterocycles. The second-order valence-corrected chi connectivity index (χ2v) is 11.9. The van der Waals surface area contributed by atoms with Crippen molar-refractivity contribution in [1.82, 2.24) is 4.98 Å². The van der Waals surface area contributed by atoms with Gasteiger partial charge >= 0.3 is 4.87 Å². The minimum atomic E-state index is -0.819. The minimum Gasteiger partial charge on any atom is -0.497 e. The van der Waals surface area contributed by atoms with E-state index in [2.05, 4.69) is 10.3 Å². The lowest BCUT2D eigenvalue weighted by molar-refractivity contribution is -0.122. The van der Waals surface area contributed by atoms with Crippen LogP contribution in [0.25, 0.3) is 0 Å². The minimum absolute atomic E-state index is 0.296. The summed E-state index contributed by atoms with van der Waals surface area (Å²) in [6.07, 6.45) is 0. The number of ether oxygens (including phenoxy) is 2. The van der Waals surface area contributed by atoms with Crippen LogP contribution < -0.4 is 24.6 Å². The fourth-order valence-corrected chi connectivity index (χ4v) is 7.78. The first-order chi connectivity index (χ1) is 19.8. The third kappa shape index (κ3) is 5.12. The van der Waals surface area contributed by atoms with E-state index in [1.807, 2.05) is 6.07 Å². The SMILES string of the molecule is COc1ccc(NC(=O)COc2ccc(Cl)cc2[C@H]2c3sc(=O)[nH]c3SC3C(=O)N(c4ccccc4)C(=O)C32)cc1. The summed E-state index contributed by atoms with van der Waals surface area (Å²) in [5.74, 6) is -1.68. The predicted octanol–water partition coefficient (Wildman–Crippen LogP) is 4.91. The van der Waals surface area contributed by atoms with Crippen molar-refractivity contribution in [2.24, 2.45) is 5.92 Å². The molecule has 3 heterocycles. The highest BCUT2D eigenvalue weighted by atomic mass is 35.5. The van der Waals surface area contributed by atoms with Gasteiger partial charge in [0.25, 0.3) is 5.91 Å². The number of halogens is 1. The van der Waals surface area contributed by atoms with Crippen molar-refractivity contribution < 1.29 is 23.9 Å². The Morgan fingerprint density at radius 2 is 1.78 bits per heavy atom. The van der Waals surface area contributed by atoms with Crippen molar-refractivity contribution in [3.63, 3.8) is 0 Å². The number of thioether (sulfide) groups is 1. The first kappa shape index (κ1) is 27.1. The second kappa shape index (κ2) is 11.1. The molecule has 0 spiro atoms. The van der Waals surface area contributed by atoms with Gasteiger partial charge < -0.3 is 19.8 Å². The smallest absolute Gasteiger partial charge is 0.305 e. The van der Waals surface area contributed by atoms with Crippen molar-refractivity contribution in [2.45, 2.75) is 16.2 Å². The number of amides is 3. The van der Waals surface area contributed by atoms with Crippen LogP contribution in [0.2, 0.25) is 5.02 Å². The van der Waals surface area contributed by atoms with Crippen LogP contribution in [-0.4, -0.2) is 41.7 Å². The van der Waals surface area contributed by atoms with E-state index >= 15 is 0 Å². The zero-order chi connectivity index (χ0) is 28.7. The molecule has 6 rings (SSSR count). The number of methoxy groups -OCH3 is 1. The van der Waals surface area contributed by atoms with Crippen LogP contribution in [0.3, 0.4) is 0 Å². The molecule has 2 unspecified atom stereocenters. The molecule has 2 aliphatic rings. The summed E-state index contributed by atoms with van der Waals surface area (Å²) in [7, 11) is 1.56. The van der Waals surface area contributed by atoms with E-state index in [0.717, 1.165) is 11.3 Å². The number of fused-ring (bicyclic) bond motifs is 2. The van der Waals surface area contributed by atoms with E-state index in [1.165, 1.54) is 16.7 Å². The van der Waals surface area contributed by atoms with Gasteiger partial charge in [-0.3, -0.25) is 19.2 Å². The molecular formula is C29H22ClN3O6S2. The lowest BCUT2D eigenvalue weighted by atomic mass is 9.82. The molecular weight excluding hydrogens is 586 g/mol. The van der Waals surface area contributed by atoms with Crippen LogP contribution in [0.15, 0.2) is 82.6 Å². The molecule has 0 aliphatic carbocycles. The first-order valence-corrected chi connectivity index (χ1v) is 14.6. The van der Waals surface area contributed by atoms with Crippen LogP contribution in [0.5, 0.6) is 11.5 Å². The van der Waals surface area contributed by atoms with Crippen LogP contribution in [-0.2, 0) is 14.4 Å². The Kier molecular flexibility index (Phi) is 7.33. The summed E-state index contributed by atoms with van der Waals surface area (Å²) >= 11 is 8.59. The lowest BCUT2D eigenvalue weighted by Crippen LogP contribution is -2.32. The third-order valence-corrected chi connectivity index (χ3v) is 9.51. The summed E-state index contributed by atoms with van der Waals surface area (Å²) < 4.78 is 11.1. The van der Waals surface area contributed by atoms with Gasteiger partial charge in [0, 0.05) is 27.1 Å². The summed E-state index contributed by atoms with van der Waals surface area (Å²) in [5, 5.41) is 2.91. The number of carbonyl (C=O) groups is 3. The first-order valence-electron chi connectivity index (χ1n) is 12.5. The molecule has 1 fully saturated rings. The Morgan fingerprint density at radius 1 is 1.02 bits per heavy atom. The normalized spacial score (nSPS) is 19.5. The average molecular weight is 608 g/mol. The number of aromatic nitrogens is 1. The molecule has 2 N–H and O–H groups in total. The van der Waals surface area contributed by atoms with Crippen LogP contribution in [0.4, 0.5) is 11.4 Å². The van der Waals surface area contributed by atoms with Gasteiger partial charge in [0.1, 0.15) is 16.7 Å². The van der Waals surface area contributed by atoms with Gasteiger partial charge in [-0.15, -0.1) is 0 Å². The topological polar surface area (TPSA) is 118 Å². The molecule has 3 amide bonds. The molecule has 2 aliphatic heterocycles.